The van der Waals surface area contributed by atoms with Crippen LogP contribution in [0.3, 0.4) is 0 Å². The Morgan fingerprint density at radius 1 is 0.441 bits per heavy atom. The molecule has 2 aliphatic rings. The lowest BCUT2D eigenvalue weighted by Gasteiger charge is -2.19. The van der Waals surface area contributed by atoms with E-state index in [1.54, 1.807) is 83.1 Å². The smallest absolute Gasteiger partial charge is 0.408 e. The number of aliphatic carboxylic acids is 2. The second kappa shape index (κ2) is 41.0. The predicted molar refractivity (Wildman–Crippen MR) is 362 cm³/mol. The first kappa shape index (κ1) is 91.1. The molecule has 7 rings (SSSR count). The summed E-state index contributed by atoms with van der Waals surface area (Å²) in [5.41, 5.74) is 25.0. The number of halogens is 11. The second-order valence-electron chi connectivity index (χ2n) is 24.6. The minimum atomic E-state index is -1.26. The molecule has 0 spiro atoms. The van der Waals surface area contributed by atoms with Crippen molar-refractivity contribution in [2.45, 2.75) is 125 Å². The van der Waals surface area contributed by atoms with Gasteiger partial charge in [-0.15, -0.1) is 12.4 Å². The third kappa shape index (κ3) is 35.3. The number of nitrogen functional groups attached to an aromatic ring is 4. The number of amides is 6. The zero-order chi connectivity index (χ0) is 77.8. The average molecular weight is 1480 g/mol. The highest BCUT2D eigenvalue weighted by Crippen LogP contribution is 2.32. The number of nitrogens with zero attached hydrogens (tertiary/aromatic N) is 2. The Kier molecular flexibility index (Phi) is 36.7. The number of alkyl carbamates (subject to hydrolysis) is 4. The summed E-state index contributed by atoms with van der Waals surface area (Å²) in [7, 11) is 0. The largest absolute Gasteiger partial charge is 0.481 e. The molecule has 0 saturated carbocycles. The molecule has 0 radical (unpaired) electrons. The lowest BCUT2D eigenvalue weighted by Crippen LogP contribution is -2.37. The Balaban J connectivity index is 0.00000121. The molecule has 0 aliphatic carbocycles. The lowest BCUT2D eigenvalue weighted by molar-refractivity contribution is -0.136. The minimum absolute atomic E-state index is 0. The van der Waals surface area contributed by atoms with Crippen LogP contribution in [0.25, 0.3) is 0 Å². The van der Waals surface area contributed by atoms with Gasteiger partial charge in [-0.3, -0.25) is 29.2 Å². The summed E-state index contributed by atoms with van der Waals surface area (Å²) in [6.45, 7) is 20.6. The highest BCUT2D eigenvalue weighted by molar-refractivity contribution is 5.98. The van der Waals surface area contributed by atoms with E-state index in [9.17, 15) is 77.5 Å². The number of nitrogens with two attached hydrogens (primary N) is 5. The van der Waals surface area contributed by atoms with Crippen molar-refractivity contribution in [1.29, 1.82) is 0 Å². The Bertz CT molecular complexity index is 3820. The number of rotatable bonds is 11. The molecule has 18 N–H and O–H groups in total. The van der Waals surface area contributed by atoms with E-state index in [2.05, 4.69) is 41.9 Å². The van der Waals surface area contributed by atoms with Crippen molar-refractivity contribution in [1.82, 2.24) is 21.3 Å². The summed E-state index contributed by atoms with van der Waals surface area (Å²) >= 11 is 0. The summed E-state index contributed by atoms with van der Waals surface area (Å²) in [5.74, 6) is -13.6. The zero-order valence-electron chi connectivity index (χ0n) is 57.5. The van der Waals surface area contributed by atoms with Crippen molar-refractivity contribution in [2.75, 3.05) is 66.3 Å². The van der Waals surface area contributed by atoms with E-state index in [1.165, 1.54) is 18.2 Å². The third-order valence-corrected chi connectivity index (χ3v) is 11.1. The summed E-state index contributed by atoms with van der Waals surface area (Å²) in [5, 5.41) is 29.0. The van der Waals surface area contributed by atoms with Crippen LogP contribution in [0.15, 0.2) is 70.6 Å². The van der Waals surface area contributed by atoms with Crippen LogP contribution in [0.1, 0.15) is 101 Å². The SMILES string of the molecule is CC(=O)O.CC(C)(C)OC(=O)NCC(=O)Nc1c(N)ccc(F)c1F.CC(C)(C)OC(=O)NCC(=O)Nc1ccc(F)c(F)c1N.CC(C)(C)OC(=O)NCC(=O)O.CC(C)(C)OC(=O)NCC1=Nc2ccc(F)c(F)c2C1.Cl.NCC1=Nc2ccc(F)c(F)c2C1.Nc1ccc(F)c(F)c1N. The number of carbonyl (C=O) groups excluding carboxylic acids is 6. The normalized spacial score (nSPS) is 11.5. The van der Waals surface area contributed by atoms with Gasteiger partial charge in [-0.1, -0.05) is 0 Å². The molecule has 0 atom stereocenters. The van der Waals surface area contributed by atoms with E-state index >= 15 is 0 Å². The van der Waals surface area contributed by atoms with Crippen LogP contribution in [0, 0.1) is 58.2 Å². The van der Waals surface area contributed by atoms with Crippen LogP contribution in [-0.4, -0.2) is 125 Å². The molecule has 38 heteroatoms. The molecule has 27 nitrogen and oxygen atoms in total. The fourth-order valence-electron chi connectivity index (χ4n) is 6.97. The van der Waals surface area contributed by atoms with E-state index in [4.69, 9.17) is 62.6 Å². The van der Waals surface area contributed by atoms with Gasteiger partial charge >= 0.3 is 30.3 Å². The average Bonchev–Trinajstić information content (AvgIpc) is 1.65. The van der Waals surface area contributed by atoms with Crippen molar-refractivity contribution < 1.29 is 111 Å². The van der Waals surface area contributed by atoms with Crippen molar-refractivity contribution in [3.05, 3.63) is 130 Å². The number of fused-ring (bicyclic) bond motifs is 2. The number of carboxylic acids is 2. The maximum Gasteiger partial charge on any atom is 0.408 e. The minimum Gasteiger partial charge on any atom is -0.481 e. The zero-order valence-corrected chi connectivity index (χ0v) is 58.3. The molecule has 0 fully saturated rings. The second-order valence-corrected chi connectivity index (χ2v) is 24.6. The predicted octanol–water partition coefficient (Wildman–Crippen LogP) is 10.9. The Hall–Kier alpha value is -10.9. The number of hydrogen-bond donors (Lipinski definition) is 13. The van der Waals surface area contributed by atoms with Gasteiger partial charge in [-0.05, 0) is 144 Å². The van der Waals surface area contributed by atoms with E-state index in [-0.39, 0.29) is 60.2 Å². The molecule has 6 amide bonds. The van der Waals surface area contributed by atoms with E-state index in [0.29, 0.717) is 34.8 Å². The van der Waals surface area contributed by atoms with Gasteiger partial charge < -0.3 is 89.7 Å². The summed E-state index contributed by atoms with van der Waals surface area (Å²) in [6.07, 6.45) is -2.33. The van der Waals surface area contributed by atoms with Gasteiger partial charge in [0, 0.05) is 48.9 Å². The molecule has 0 unspecified atom stereocenters. The number of ether oxygens (including phenoxy) is 4. The molecular formula is C64H82ClF10N13O14. The monoisotopic (exact) mass is 1480 g/mol. The highest BCUT2D eigenvalue weighted by Gasteiger charge is 2.25. The number of benzene rings is 5. The van der Waals surface area contributed by atoms with Crippen molar-refractivity contribution in [2.24, 2.45) is 15.7 Å². The van der Waals surface area contributed by atoms with Crippen LogP contribution in [0.2, 0.25) is 0 Å². The molecule has 0 aromatic heterocycles. The number of nitrogens with one attached hydrogen (secondary N) is 6. The molecule has 0 saturated heterocycles. The number of carboxylic acid groups (broad SMARTS) is 2. The van der Waals surface area contributed by atoms with Crippen molar-refractivity contribution in [3.63, 3.8) is 0 Å². The van der Waals surface area contributed by atoms with Gasteiger partial charge in [0.25, 0.3) is 5.97 Å². The first-order valence-corrected chi connectivity index (χ1v) is 29.5. The van der Waals surface area contributed by atoms with Gasteiger partial charge in [-0.25, -0.2) is 63.1 Å². The van der Waals surface area contributed by atoms with Crippen LogP contribution < -0.4 is 60.6 Å². The first-order valence-electron chi connectivity index (χ1n) is 29.5. The summed E-state index contributed by atoms with van der Waals surface area (Å²) in [6, 6.07) is 11.1. The van der Waals surface area contributed by atoms with Gasteiger partial charge in [0.2, 0.25) is 11.8 Å². The molecule has 2 heterocycles. The number of aliphatic imine (C=N–C) groups is 2. The fourth-order valence-corrected chi connectivity index (χ4v) is 6.97. The highest BCUT2D eigenvalue weighted by atomic mass is 35.5. The third-order valence-electron chi connectivity index (χ3n) is 11.1. The number of carbonyl (C=O) groups is 8. The molecule has 2 aliphatic heterocycles. The summed E-state index contributed by atoms with van der Waals surface area (Å²) in [4.78, 5) is 95.3. The van der Waals surface area contributed by atoms with E-state index < -0.39 is 160 Å². The lowest BCUT2D eigenvalue weighted by atomic mass is 10.1. The molecule has 5 aromatic rings. The van der Waals surface area contributed by atoms with Gasteiger partial charge in [0.1, 0.15) is 47.7 Å². The van der Waals surface area contributed by atoms with Crippen LogP contribution in [-0.2, 0) is 51.0 Å². The standard InChI is InChI=1S/C14H16F2N2O2.2C13H17F2N3O3.C9H8F2N2.C7H13NO4.C6H6F2N2.C2H4O2.ClH/c1-14(2,3)20-13(19)17-7-8-6-9-11(18-8)5-4-10(15)12(9)16;1-13(2,3)21-12(20)17-6-9(19)18-8-5-4-7(14)10(15)11(8)16;1-13(2,3)21-12(20)17-6-9(19)18-11-8(16)5-4-7(14)10(11)15;10-7-1-2-8-6(9(7)11)3-5(4-12)13-8;1-7(2,3)12-6(11)8-4-5(9)10;7-3-1-2-4(9)6(10)5(3)8;1-2(3)4;/h4-5H,6-7H2,1-3H3,(H,17,19);2*4-5H,6,16H2,1-3H3,(H,17,20)(H,18,19);1-2H,3-4,12H2;4H2,1-3H3,(H,8,11)(H,9,10);1-2H,9-10H2;1H3,(H,3,4);1H. The van der Waals surface area contributed by atoms with Gasteiger partial charge in [0.05, 0.1) is 46.4 Å². The number of anilines is 6. The molecule has 564 valence electrons. The quantitative estimate of drug-likeness (QED) is 0.0332. The van der Waals surface area contributed by atoms with Crippen LogP contribution in [0.4, 0.5) is 109 Å². The molecular weight excluding hydrogens is 1400 g/mol. The first-order chi connectivity index (χ1) is 46.3. The van der Waals surface area contributed by atoms with Gasteiger partial charge in [0.15, 0.2) is 58.2 Å². The molecule has 102 heavy (non-hydrogen) atoms. The van der Waals surface area contributed by atoms with Crippen LogP contribution >= 0.6 is 12.4 Å². The van der Waals surface area contributed by atoms with Crippen molar-refractivity contribution >= 4 is 117 Å². The number of hydrogen-bond acceptors (Lipinski definition) is 19. The van der Waals surface area contributed by atoms with E-state index in [1.807, 2.05) is 0 Å². The van der Waals surface area contributed by atoms with Crippen molar-refractivity contribution in [3.8, 4) is 0 Å². The maximum absolute atomic E-state index is 13.5. The van der Waals surface area contributed by atoms with Crippen LogP contribution in [0.5, 0.6) is 0 Å². The fraction of sp³-hybridized carbons (Fsp3) is 0.375. The molecule has 0 bridgehead atoms. The topological polar surface area (TPSA) is 441 Å². The van der Waals surface area contributed by atoms with E-state index in [0.717, 1.165) is 49.4 Å². The molecule has 5 aromatic carbocycles. The Morgan fingerprint density at radius 2 is 0.765 bits per heavy atom. The maximum atomic E-state index is 13.5. The van der Waals surface area contributed by atoms with Gasteiger partial charge in [-0.2, -0.15) is 0 Å². The Labute approximate surface area is 585 Å². The Morgan fingerprint density at radius 3 is 1.16 bits per heavy atom. The summed E-state index contributed by atoms with van der Waals surface area (Å²) < 4.78 is 149.